The summed E-state index contributed by atoms with van der Waals surface area (Å²) in [4.78, 5) is 68.2. The van der Waals surface area contributed by atoms with Gasteiger partial charge in [-0.25, -0.2) is 4.79 Å². The highest BCUT2D eigenvalue weighted by Crippen LogP contribution is 2.43. The summed E-state index contributed by atoms with van der Waals surface area (Å²) in [5.41, 5.74) is 0.210. The van der Waals surface area contributed by atoms with Crippen molar-refractivity contribution < 1.29 is 28.7 Å². The monoisotopic (exact) mass is 584 g/mol. The van der Waals surface area contributed by atoms with Gasteiger partial charge >= 0.3 is 6.09 Å². The highest BCUT2D eigenvalue weighted by molar-refractivity contribution is 6.38. The third kappa shape index (κ3) is 8.10. The summed E-state index contributed by atoms with van der Waals surface area (Å²) in [5.74, 6) is -2.16. The first-order valence-electron chi connectivity index (χ1n) is 15.2. The number of carbonyl (C=O) groups excluding carboxylic acids is 5. The van der Waals surface area contributed by atoms with Crippen LogP contribution in [0.3, 0.4) is 0 Å². The molecule has 0 aromatic heterocycles. The third-order valence-electron chi connectivity index (χ3n) is 8.24. The zero-order chi connectivity index (χ0) is 31.2. The van der Waals surface area contributed by atoms with Gasteiger partial charge in [-0.3, -0.25) is 19.2 Å². The number of ether oxygens (including phenoxy) is 1. The summed E-state index contributed by atoms with van der Waals surface area (Å²) in [6.07, 6.45) is 2.47. The molecule has 0 radical (unpaired) electrons. The molecule has 1 unspecified atom stereocenters. The Labute approximate surface area is 249 Å². The molecule has 3 rings (SSSR count). The number of fused-ring (bicyclic) bond motifs is 1. The van der Waals surface area contributed by atoms with E-state index in [4.69, 9.17) is 4.74 Å². The number of likely N-dealkylation sites (tertiary alicyclic amines) is 1. The van der Waals surface area contributed by atoms with E-state index in [1.807, 2.05) is 58.0 Å². The summed E-state index contributed by atoms with van der Waals surface area (Å²) < 4.78 is 5.25. The minimum Gasteiger partial charge on any atom is -0.447 e. The molecule has 0 spiro atoms. The maximum Gasteiger partial charge on any atom is 0.408 e. The number of nitrogens with one attached hydrogen (secondary N) is 3. The lowest BCUT2D eigenvalue weighted by atomic mass is 9.85. The van der Waals surface area contributed by atoms with E-state index in [0.29, 0.717) is 19.4 Å². The van der Waals surface area contributed by atoms with Crippen LogP contribution in [0.1, 0.15) is 92.2 Å². The number of amides is 4. The van der Waals surface area contributed by atoms with Crippen molar-refractivity contribution in [1.82, 2.24) is 20.9 Å². The van der Waals surface area contributed by atoms with Gasteiger partial charge in [-0.15, -0.1) is 0 Å². The molecule has 1 aliphatic heterocycles. The molecule has 1 saturated carbocycles. The summed E-state index contributed by atoms with van der Waals surface area (Å²) in [6.45, 7) is 13.1. The van der Waals surface area contributed by atoms with E-state index in [1.54, 1.807) is 25.7 Å². The van der Waals surface area contributed by atoms with Crippen LogP contribution in [0.2, 0.25) is 0 Å². The van der Waals surface area contributed by atoms with Gasteiger partial charge in [-0.05, 0) is 62.8 Å². The summed E-state index contributed by atoms with van der Waals surface area (Å²) in [7, 11) is 0. The van der Waals surface area contributed by atoms with Crippen LogP contribution in [0, 0.1) is 17.3 Å². The summed E-state index contributed by atoms with van der Waals surface area (Å²) >= 11 is 0. The number of nitrogens with zero attached hydrogens (tertiary/aromatic N) is 1. The third-order valence-corrected chi connectivity index (χ3v) is 8.24. The molecule has 10 heteroatoms. The molecule has 2 fully saturated rings. The topological polar surface area (TPSA) is 134 Å². The second-order valence-electron chi connectivity index (χ2n) is 13.0. The van der Waals surface area contributed by atoms with Crippen LogP contribution in [0.25, 0.3) is 0 Å². The van der Waals surface area contributed by atoms with Gasteiger partial charge in [0.1, 0.15) is 12.1 Å². The molecule has 1 aromatic rings. The van der Waals surface area contributed by atoms with Gasteiger partial charge < -0.3 is 25.6 Å². The van der Waals surface area contributed by atoms with Crippen molar-refractivity contribution in [2.75, 3.05) is 6.54 Å². The van der Waals surface area contributed by atoms with Crippen LogP contribution >= 0.6 is 0 Å². The molecule has 3 N–H and O–H groups in total. The van der Waals surface area contributed by atoms with Gasteiger partial charge in [0, 0.05) is 6.54 Å². The smallest absolute Gasteiger partial charge is 0.408 e. The van der Waals surface area contributed by atoms with E-state index in [0.717, 1.165) is 24.8 Å². The maximum absolute atomic E-state index is 14.0. The molecule has 1 aliphatic carbocycles. The number of carbonyl (C=O) groups is 5. The standard InChI is InChI=1S/C32H48N4O6/c1-8-13-24(26(37)29(39)33-20(4)21-14-10-9-11-15-21)34-28(38)25-23-17-12-16-22(23)18-36(25)30(40)27(32(5,6)7)35-31(41)42-19(2)3/h9-11,14-15,19-20,22-25,27H,8,12-13,16-18H2,1-7H3,(H,33,39)(H,34,38)(H,35,41)/t20-,22+,23+,24?,25-,27+/m0/s1. The molecule has 42 heavy (non-hydrogen) atoms. The fraction of sp³-hybridized carbons (Fsp3) is 0.656. The van der Waals surface area contributed by atoms with Crippen molar-refractivity contribution in [2.45, 2.75) is 111 Å². The first-order valence-corrected chi connectivity index (χ1v) is 15.2. The Kier molecular flexibility index (Phi) is 11.2. The number of benzene rings is 1. The van der Waals surface area contributed by atoms with Gasteiger partial charge in [-0.1, -0.05) is 70.9 Å². The minimum atomic E-state index is -1.01. The predicted octanol–water partition coefficient (Wildman–Crippen LogP) is 3.89. The summed E-state index contributed by atoms with van der Waals surface area (Å²) in [6, 6.07) is 6.22. The number of hydrogen-bond donors (Lipinski definition) is 3. The van der Waals surface area contributed by atoms with Crippen LogP contribution < -0.4 is 16.0 Å². The molecule has 1 saturated heterocycles. The van der Waals surface area contributed by atoms with Gasteiger partial charge in [-0.2, -0.15) is 0 Å². The van der Waals surface area contributed by atoms with Crippen molar-refractivity contribution in [3.05, 3.63) is 35.9 Å². The quantitative estimate of drug-likeness (QED) is 0.338. The van der Waals surface area contributed by atoms with Gasteiger partial charge in [0.15, 0.2) is 0 Å². The van der Waals surface area contributed by atoms with Crippen LogP contribution in [0.4, 0.5) is 4.79 Å². The number of ketones is 1. The molecule has 232 valence electrons. The highest BCUT2D eigenvalue weighted by Gasteiger charge is 2.52. The van der Waals surface area contributed by atoms with E-state index < -0.39 is 47.2 Å². The number of rotatable bonds is 11. The molecule has 1 aromatic carbocycles. The second kappa shape index (κ2) is 14.2. The van der Waals surface area contributed by atoms with Crippen LogP contribution in [0.15, 0.2) is 30.3 Å². The van der Waals surface area contributed by atoms with Gasteiger partial charge in [0.05, 0.1) is 18.2 Å². The summed E-state index contributed by atoms with van der Waals surface area (Å²) in [5, 5.41) is 8.31. The SMILES string of the molecule is CCCC(NC(=O)[C@@H]1[C@@H]2CCC[C@@H]2CN1C(=O)[C@@H](NC(=O)OC(C)C)C(C)(C)C)C(=O)C(=O)N[C@@H](C)c1ccccc1. The van der Waals surface area contributed by atoms with E-state index >= 15 is 0 Å². The van der Waals surface area contributed by atoms with Crippen molar-refractivity contribution in [1.29, 1.82) is 0 Å². The lowest BCUT2D eigenvalue weighted by Gasteiger charge is -2.36. The lowest BCUT2D eigenvalue weighted by molar-refractivity contribution is -0.144. The molecule has 2 aliphatic rings. The minimum absolute atomic E-state index is 0.0542. The van der Waals surface area contributed by atoms with Crippen molar-refractivity contribution >= 4 is 29.6 Å². The Morgan fingerprint density at radius 1 is 0.976 bits per heavy atom. The normalized spacial score (nSPS) is 22.1. The van der Waals surface area contributed by atoms with Gasteiger partial charge in [0.25, 0.3) is 5.91 Å². The Hall–Kier alpha value is -3.43. The van der Waals surface area contributed by atoms with E-state index in [1.165, 1.54) is 0 Å². The van der Waals surface area contributed by atoms with Crippen LogP contribution in [0.5, 0.6) is 0 Å². The fourth-order valence-corrected chi connectivity index (χ4v) is 6.11. The Balaban J connectivity index is 1.79. The van der Waals surface area contributed by atoms with Crippen molar-refractivity contribution in [2.24, 2.45) is 17.3 Å². The first kappa shape index (κ1) is 33.1. The number of Topliss-reactive ketones (excluding diaryl/α,β-unsaturated/α-hetero) is 1. The molecule has 0 bridgehead atoms. The van der Waals surface area contributed by atoms with Crippen LogP contribution in [-0.4, -0.2) is 65.3 Å². The van der Waals surface area contributed by atoms with E-state index in [-0.39, 0.29) is 29.9 Å². The number of alkyl carbamates (subject to hydrolysis) is 1. The maximum atomic E-state index is 14.0. The number of hydrogen-bond acceptors (Lipinski definition) is 6. The Morgan fingerprint density at radius 3 is 2.24 bits per heavy atom. The Morgan fingerprint density at radius 2 is 1.64 bits per heavy atom. The zero-order valence-corrected chi connectivity index (χ0v) is 26.1. The molecular formula is C32H48N4O6. The van der Waals surface area contributed by atoms with Crippen molar-refractivity contribution in [3.8, 4) is 0 Å². The first-order chi connectivity index (χ1) is 19.7. The molecule has 1 heterocycles. The molecular weight excluding hydrogens is 536 g/mol. The second-order valence-corrected chi connectivity index (χ2v) is 13.0. The fourth-order valence-electron chi connectivity index (χ4n) is 6.11. The predicted molar refractivity (Wildman–Crippen MR) is 159 cm³/mol. The largest absolute Gasteiger partial charge is 0.447 e. The average Bonchev–Trinajstić information content (AvgIpc) is 3.51. The molecule has 6 atom stereocenters. The zero-order valence-electron chi connectivity index (χ0n) is 26.1. The molecule has 10 nitrogen and oxygen atoms in total. The lowest BCUT2D eigenvalue weighted by Crippen LogP contribution is -2.60. The van der Waals surface area contributed by atoms with Crippen molar-refractivity contribution in [3.63, 3.8) is 0 Å². The van der Waals surface area contributed by atoms with Crippen LogP contribution in [-0.2, 0) is 23.9 Å². The van der Waals surface area contributed by atoms with E-state index in [9.17, 15) is 24.0 Å². The highest BCUT2D eigenvalue weighted by atomic mass is 16.6. The average molecular weight is 585 g/mol. The van der Waals surface area contributed by atoms with Gasteiger partial charge in [0.2, 0.25) is 17.6 Å². The van der Waals surface area contributed by atoms with E-state index in [2.05, 4.69) is 16.0 Å². The Bertz CT molecular complexity index is 1130. The molecule has 4 amide bonds.